The number of hydrogen-bond donors (Lipinski definition) is 0. The highest BCUT2D eigenvalue weighted by Gasteiger charge is 2.44. The van der Waals surface area contributed by atoms with Gasteiger partial charge in [-0.1, -0.05) is 18.2 Å². The van der Waals surface area contributed by atoms with Crippen molar-refractivity contribution in [3.63, 3.8) is 0 Å². The molecule has 0 bridgehead atoms. The maximum Gasteiger partial charge on any atom is 0.315 e. The van der Waals surface area contributed by atoms with Crippen molar-refractivity contribution in [3.05, 3.63) is 71.2 Å². The van der Waals surface area contributed by atoms with E-state index in [1.807, 2.05) is 43.3 Å². The zero-order chi connectivity index (χ0) is 22.0. The van der Waals surface area contributed by atoms with Crippen LogP contribution in [-0.2, 0) is 14.3 Å². The van der Waals surface area contributed by atoms with Crippen molar-refractivity contribution in [2.75, 3.05) is 13.7 Å². The van der Waals surface area contributed by atoms with Crippen molar-refractivity contribution in [3.8, 4) is 5.75 Å². The lowest BCUT2D eigenvalue weighted by atomic mass is 9.69. The summed E-state index contributed by atoms with van der Waals surface area (Å²) >= 11 is 0. The number of pyridine rings is 1. The molecule has 1 aliphatic heterocycles. The van der Waals surface area contributed by atoms with Crippen LogP contribution in [0.25, 0.3) is 0 Å². The molecule has 0 fully saturated rings. The van der Waals surface area contributed by atoms with Crippen molar-refractivity contribution in [2.24, 2.45) is 10.9 Å². The number of ketones is 1. The zero-order valence-electron chi connectivity index (χ0n) is 18.0. The van der Waals surface area contributed by atoms with E-state index in [2.05, 4.69) is 4.98 Å². The van der Waals surface area contributed by atoms with Gasteiger partial charge in [0.2, 0.25) is 0 Å². The topological polar surface area (TPSA) is 77.8 Å². The van der Waals surface area contributed by atoms with Gasteiger partial charge in [0.25, 0.3) is 0 Å². The van der Waals surface area contributed by atoms with Crippen molar-refractivity contribution >= 4 is 17.5 Å². The number of nitrogens with zero attached hydrogens (tertiary/aromatic N) is 2. The Morgan fingerprint density at radius 2 is 1.97 bits per heavy atom. The molecule has 1 aromatic heterocycles. The number of benzene rings is 1. The van der Waals surface area contributed by atoms with Crippen LogP contribution in [0, 0.1) is 5.92 Å². The Morgan fingerprint density at radius 3 is 2.68 bits per heavy atom. The monoisotopic (exact) mass is 418 g/mol. The van der Waals surface area contributed by atoms with Crippen LogP contribution in [0.1, 0.15) is 49.7 Å². The summed E-state index contributed by atoms with van der Waals surface area (Å²) in [5.41, 5.74) is 3.94. The SMILES string of the molecule is CCOC(=O)C1C(C)=NC2=C(C(=O)C[C@H](c3cccc(OC)c3)C2)[C@H]1c1cccnc1. The van der Waals surface area contributed by atoms with Gasteiger partial charge in [0.15, 0.2) is 5.78 Å². The fourth-order valence-corrected chi connectivity index (χ4v) is 4.65. The molecule has 0 N–H and O–H groups in total. The normalized spacial score (nSPS) is 23.1. The number of methoxy groups -OCH3 is 1. The van der Waals surface area contributed by atoms with Gasteiger partial charge in [-0.15, -0.1) is 0 Å². The van der Waals surface area contributed by atoms with E-state index in [0.29, 0.717) is 24.1 Å². The number of Topliss-reactive ketones (excluding diaryl/α,β-unsaturated/α-hetero) is 1. The van der Waals surface area contributed by atoms with Gasteiger partial charge in [0, 0.05) is 41.7 Å². The number of ether oxygens (including phenoxy) is 2. The summed E-state index contributed by atoms with van der Waals surface area (Å²) in [4.78, 5) is 35.3. The quantitative estimate of drug-likeness (QED) is 0.679. The Labute approximate surface area is 182 Å². The lowest BCUT2D eigenvalue weighted by Crippen LogP contribution is -2.38. The van der Waals surface area contributed by atoms with Crippen LogP contribution in [0.3, 0.4) is 0 Å². The van der Waals surface area contributed by atoms with Crippen molar-refractivity contribution in [1.29, 1.82) is 0 Å². The molecule has 4 rings (SSSR count). The third-order valence-electron chi connectivity index (χ3n) is 6.04. The minimum absolute atomic E-state index is 0.0200. The van der Waals surface area contributed by atoms with Crippen LogP contribution in [0.2, 0.25) is 0 Å². The van der Waals surface area contributed by atoms with E-state index < -0.39 is 11.8 Å². The van der Waals surface area contributed by atoms with Crippen molar-refractivity contribution < 1.29 is 19.1 Å². The van der Waals surface area contributed by atoms with Crippen molar-refractivity contribution in [2.45, 2.75) is 38.5 Å². The van der Waals surface area contributed by atoms with Gasteiger partial charge >= 0.3 is 5.97 Å². The van der Waals surface area contributed by atoms with Gasteiger partial charge < -0.3 is 9.47 Å². The fourth-order valence-electron chi connectivity index (χ4n) is 4.65. The molecule has 0 radical (unpaired) electrons. The molecule has 0 amide bonds. The zero-order valence-corrected chi connectivity index (χ0v) is 18.0. The lowest BCUT2D eigenvalue weighted by Gasteiger charge is -2.36. The van der Waals surface area contributed by atoms with Gasteiger partial charge in [-0.05, 0) is 55.5 Å². The maximum atomic E-state index is 13.5. The predicted octanol–water partition coefficient (Wildman–Crippen LogP) is 4.23. The van der Waals surface area contributed by atoms with Crippen LogP contribution in [0.4, 0.5) is 0 Å². The molecule has 0 saturated heterocycles. The fraction of sp³-hybridized carbons (Fsp3) is 0.360. The largest absolute Gasteiger partial charge is 0.497 e. The van der Waals surface area contributed by atoms with Crippen LogP contribution >= 0.6 is 0 Å². The number of allylic oxidation sites excluding steroid dienone is 2. The second-order valence-corrected chi connectivity index (χ2v) is 7.91. The summed E-state index contributed by atoms with van der Waals surface area (Å²) in [6.45, 7) is 3.90. The summed E-state index contributed by atoms with van der Waals surface area (Å²) in [5, 5.41) is 0. The molecule has 6 nitrogen and oxygen atoms in total. The highest BCUT2D eigenvalue weighted by Crippen LogP contribution is 2.46. The molecule has 1 aliphatic carbocycles. The second kappa shape index (κ2) is 8.84. The Kier molecular flexibility index (Phi) is 5.98. The Hall–Kier alpha value is -3.28. The average Bonchev–Trinajstić information content (AvgIpc) is 2.78. The van der Waals surface area contributed by atoms with E-state index in [1.165, 1.54) is 0 Å². The molecule has 3 atom stereocenters. The standard InChI is InChI=1S/C25H26N2O4/c1-4-31-25(29)22-15(2)27-20-12-18(16-7-5-9-19(11-16)30-3)13-21(28)24(20)23(22)17-8-6-10-26-14-17/h5-11,14,18,22-23H,4,12-13H2,1-3H3/t18-,22?,23+/m1/s1. The number of hydrogen-bond acceptors (Lipinski definition) is 6. The van der Waals surface area contributed by atoms with Gasteiger partial charge in [-0.3, -0.25) is 19.6 Å². The van der Waals surface area contributed by atoms with E-state index in [1.54, 1.807) is 26.4 Å². The number of aromatic nitrogens is 1. The molecule has 1 aromatic carbocycles. The Bertz CT molecular complexity index is 1060. The molecule has 0 spiro atoms. The summed E-state index contributed by atoms with van der Waals surface area (Å²) in [6.07, 6.45) is 4.41. The minimum Gasteiger partial charge on any atom is -0.497 e. The van der Waals surface area contributed by atoms with Gasteiger partial charge in [-0.2, -0.15) is 0 Å². The maximum absolute atomic E-state index is 13.5. The predicted molar refractivity (Wildman–Crippen MR) is 117 cm³/mol. The van der Waals surface area contributed by atoms with Crippen LogP contribution in [-0.4, -0.2) is 36.2 Å². The molecule has 2 aromatic rings. The second-order valence-electron chi connectivity index (χ2n) is 7.91. The highest BCUT2D eigenvalue weighted by molar-refractivity contribution is 6.09. The number of aliphatic imine (C=N–C) groups is 1. The summed E-state index contributed by atoms with van der Waals surface area (Å²) in [7, 11) is 1.63. The molecule has 0 saturated carbocycles. The molecule has 31 heavy (non-hydrogen) atoms. The average molecular weight is 418 g/mol. The first-order valence-corrected chi connectivity index (χ1v) is 10.5. The highest BCUT2D eigenvalue weighted by atomic mass is 16.5. The summed E-state index contributed by atoms with van der Waals surface area (Å²) < 4.78 is 10.7. The Morgan fingerprint density at radius 1 is 1.16 bits per heavy atom. The molecule has 1 unspecified atom stereocenters. The number of carbonyl (C=O) groups is 2. The first kappa shape index (κ1) is 21.0. The summed E-state index contributed by atoms with van der Waals surface area (Å²) in [6, 6.07) is 11.6. The summed E-state index contributed by atoms with van der Waals surface area (Å²) in [5.74, 6) is -0.602. The molecular formula is C25H26N2O4. The minimum atomic E-state index is -0.625. The van der Waals surface area contributed by atoms with Gasteiger partial charge in [-0.25, -0.2) is 0 Å². The molecule has 160 valence electrons. The van der Waals surface area contributed by atoms with Crippen molar-refractivity contribution in [1.82, 2.24) is 4.98 Å². The lowest BCUT2D eigenvalue weighted by molar-refractivity contribution is -0.146. The van der Waals surface area contributed by atoms with Crippen LogP contribution in [0.5, 0.6) is 5.75 Å². The van der Waals surface area contributed by atoms with E-state index in [-0.39, 0.29) is 24.3 Å². The molecule has 2 aliphatic rings. The van der Waals surface area contributed by atoms with E-state index in [0.717, 1.165) is 22.6 Å². The third-order valence-corrected chi connectivity index (χ3v) is 6.04. The first-order chi connectivity index (χ1) is 15.0. The molecule has 2 heterocycles. The number of carbonyl (C=O) groups excluding carboxylic acids is 2. The molecular weight excluding hydrogens is 392 g/mol. The van der Waals surface area contributed by atoms with Crippen LogP contribution in [0.15, 0.2) is 65.1 Å². The first-order valence-electron chi connectivity index (χ1n) is 10.5. The number of esters is 1. The van der Waals surface area contributed by atoms with E-state index >= 15 is 0 Å². The number of rotatable bonds is 5. The van der Waals surface area contributed by atoms with Crippen LogP contribution < -0.4 is 4.74 Å². The molecule has 6 heteroatoms. The van der Waals surface area contributed by atoms with Gasteiger partial charge in [0.05, 0.1) is 13.7 Å². The van der Waals surface area contributed by atoms with Gasteiger partial charge in [0.1, 0.15) is 11.7 Å². The van der Waals surface area contributed by atoms with E-state index in [4.69, 9.17) is 14.5 Å². The smallest absolute Gasteiger partial charge is 0.315 e. The Balaban J connectivity index is 1.77. The third kappa shape index (κ3) is 4.02. The van der Waals surface area contributed by atoms with E-state index in [9.17, 15) is 9.59 Å².